The molecule has 0 bridgehead atoms. The summed E-state index contributed by atoms with van der Waals surface area (Å²) in [5.41, 5.74) is 6.60. The number of hydrogen-bond acceptors (Lipinski definition) is 4. The van der Waals surface area contributed by atoms with Crippen molar-refractivity contribution in [3.63, 3.8) is 0 Å². The maximum atomic E-state index is 11.8. The molecule has 1 aromatic heterocycles. The van der Waals surface area contributed by atoms with E-state index >= 15 is 0 Å². The minimum atomic E-state index is -0.297. The first-order valence-corrected chi connectivity index (χ1v) is 9.12. The molecule has 140 valence electrons. The fraction of sp³-hybridized carbons (Fsp3) is 0.200. The van der Waals surface area contributed by atoms with Gasteiger partial charge in [-0.1, -0.05) is 47.5 Å². The number of carbonyl (C=O) groups excluding carboxylic acids is 1. The molecule has 5 nitrogen and oxygen atoms in total. The standard InChI is InChI=1S/C20H19Cl2N3O2/c1-13-15(10-23-24-11-16-17(21)7-5-8-18(16)22)14-6-3-4-9-19(14)25(13)12-20(26)27-2/h3-10,24H,11-12H2,1-2H3/b23-10+. The van der Waals surface area contributed by atoms with Crippen LogP contribution in [-0.4, -0.2) is 23.9 Å². The first-order valence-electron chi connectivity index (χ1n) is 8.36. The molecule has 0 aliphatic carbocycles. The van der Waals surface area contributed by atoms with Crippen molar-refractivity contribution in [2.75, 3.05) is 7.11 Å². The van der Waals surface area contributed by atoms with Gasteiger partial charge in [0.1, 0.15) is 6.54 Å². The van der Waals surface area contributed by atoms with Crippen LogP contribution in [0.5, 0.6) is 0 Å². The lowest BCUT2D eigenvalue weighted by Crippen LogP contribution is -2.12. The lowest BCUT2D eigenvalue weighted by molar-refractivity contribution is -0.141. The van der Waals surface area contributed by atoms with E-state index in [-0.39, 0.29) is 12.5 Å². The largest absolute Gasteiger partial charge is 0.468 e. The molecule has 0 aliphatic rings. The molecule has 7 heteroatoms. The van der Waals surface area contributed by atoms with Crippen LogP contribution < -0.4 is 5.43 Å². The molecule has 0 amide bonds. The highest BCUT2D eigenvalue weighted by Crippen LogP contribution is 2.25. The van der Waals surface area contributed by atoms with Crippen LogP contribution in [0.2, 0.25) is 10.0 Å². The van der Waals surface area contributed by atoms with E-state index in [1.165, 1.54) is 7.11 Å². The Kier molecular flexibility index (Phi) is 6.04. The SMILES string of the molecule is COC(=O)Cn1c(C)c(/C=N/NCc2c(Cl)cccc2Cl)c2ccccc21. The smallest absolute Gasteiger partial charge is 0.325 e. The normalized spacial score (nSPS) is 11.3. The Morgan fingerprint density at radius 2 is 1.89 bits per heavy atom. The predicted octanol–water partition coefficient (Wildman–Crippen LogP) is 4.55. The average molecular weight is 404 g/mol. The molecule has 0 saturated carbocycles. The highest BCUT2D eigenvalue weighted by Gasteiger charge is 2.14. The van der Waals surface area contributed by atoms with Gasteiger partial charge >= 0.3 is 5.97 Å². The number of rotatable bonds is 6. The second-order valence-corrected chi connectivity index (χ2v) is 6.79. The van der Waals surface area contributed by atoms with Gasteiger partial charge in [-0.15, -0.1) is 0 Å². The molecule has 3 aromatic rings. The van der Waals surface area contributed by atoms with E-state index in [9.17, 15) is 4.79 Å². The second kappa shape index (κ2) is 8.46. The molecule has 0 unspecified atom stereocenters. The summed E-state index contributed by atoms with van der Waals surface area (Å²) in [7, 11) is 1.38. The first kappa shape index (κ1) is 19.3. The molecular weight excluding hydrogens is 385 g/mol. The summed E-state index contributed by atoms with van der Waals surface area (Å²) in [5, 5.41) is 6.52. The third-order valence-corrected chi connectivity index (χ3v) is 5.11. The number of aromatic nitrogens is 1. The van der Waals surface area contributed by atoms with Crippen LogP contribution >= 0.6 is 23.2 Å². The Hall–Kier alpha value is -2.50. The summed E-state index contributed by atoms with van der Waals surface area (Å²) in [6.07, 6.45) is 1.75. The first-order chi connectivity index (χ1) is 13.0. The fourth-order valence-electron chi connectivity index (χ4n) is 2.95. The van der Waals surface area contributed by atoms with Crippen molar-refractivity contribution < 1.29 is 9.53 Å². The van der Waals surface area contributed by atoms with Gasteiger partial charge < -0.3 is 14.7 Å². The second-order valence-electron chi connectivity index (χ2n) is 5.97. The van der Waals surface area contributed by atoms with Gasteiger partial charge in [-0.2, -0.15) is 5.10 Å². The fourth-order valence-corrected chi connectivity index (χ4v) is 3.49. The summed E-state index contributed by atoms with van der Waals surface area (Å²) >= 11 is 12.3. The quantitative estimate of drug-likeness (QED) is 0.373. The van der Waals surface area contributed by atoms with Crippen LogP contribution in [0, 0.1) is 6.92 Å². The molecule has 1 N–H and O–H groups in total. The maximum Gasteiger partial charge on any atom is 0.325 e. The minimum absolute atomic E-state index is 0.152. The van der Waals surface area contributed by atoms with Gasteiger partial charge in [0, 0.05) is 37.8 Å². The number of halogens is 2. The number of nitrogens with zero attached hydrogens (tertiary/aromatic N) is 2. The number of carbonyl (C=O) groups is 1. The molecule has 0 spiro atoms. The zero-order valence-corrected chi connectivity index (χ0v) is 16.5. The van der Waals surface area contributed by atoms with Gasteiger partial charge in [0.2, 0.25) is 0 Å². The molecule has 0 fully saturated rings. The Balaban J connectivity index is 1.85. The number of ether oxygens (including phenoxy) is 1. The van der Waals surface area contributed by atoms with Crippen molar-refractivity contribution in [2.45, 2.75) is 20.0 Å². The topological polar surface area (TPSA) is 55.6 Å². The van der Waals surface area contributed by atoms with E-state index in [4.69, 9.17) is 27.9 Å². The number of benzene rings is 2. The Morgan fingerprint density at radius 3 is 2.59 bits per heavy atom. The third-order valence-electron chi connectivity index (χ3n) is 4.40. The van der Waals surface area contributed by atoms with Crippen molar-refractivity contribution in [2.24, 2.45) is 5.10 Å². The minimum Gasteiger partial charge on any atom is -0.468 e. The molecular formula is C20H19Cl2N3O2. The molecule has 0 saturated heterocycles. The third kappa shape index (κ3) is 4.10. The van der Waals surface area contributed by atoms with Gasteiger partial charge in [-0.05, 0) is 25.1 Å². The molecule has 3 rings (SSSR count). The van der Waals surface area contributed by atoms with Crippen LogP contribution in [-0.2, 0) is 22.6 Å². The van der Waals surface area contributed by atoms with Gasteiger partial charge in [0.25, 0.3) is 0 Å². The summed E-state index contributed by atoms with van der Waals surface area (Å²) in [4.78, 5) is 11.8. The zero-order valence-electron chi connectivity index (χ0n) is 15.0. The van der Waals surface area contributed by atoms with E-state index in [1.54, 1.807) is 24.4 Å². The van der Waals surface area contributed by atoms with E-state index in [0.29, 0.717) is 16.6 Å². The van der Waals surface area contributed by atoms with Crippen molar-refractivity contribution in [1.82, 2.24) is 9.99 Å². The van der Waals surface area contributed by atoms with Crippen molar-refractivity contribution >= 4 is 46.3 Å². The van der Waals surface area contributed by atoms with E-state index in [1.807, 2.05) is 35.8 Å². The molecule has 27 heavy (non-hydrogen) atoms. The van der Waals surface area contributed by atoms with E-state index in [0.717, 1.165) is 27.7 Å². The highest BCUT2D eigenvalue weighted by atomic mass is 35.5. The number of methoxy groups -OCH3 is 1. The number of hydrazone groups is 1. The Bertz CT molecular complexity index is 992. The van der Waals surface area contributed by atoms with Gasteiger partial charge in [0.05, 0.1) is 19.9 Å². The number of hydrogen-bond donors (Lipinski definition) is 1. The van der Waals surface area contributed by atoms with Crippen molar-refractivity contribution in [3.05, 3.63) is 69.3 Å². The monoisotopic (exact) mass is 403 g/mol. The summed E-state index contributed by atoms with van der Waals surface area (Å²) in [6, 6.07) is 13.3. The summed E-state index contributed by atoms with van der Waals surface area (Å²) < 4.78 is 6.73. The number of nitrogens with one attached hydrogen (secondary N) is 1. The lowest BCUT2D eigenvalue weighted by Gasteiger charge is -2.07. The molecule has 0 radical (unpaired) electrons. The van der Waals surface area contributed by atoms with Crippen LogP contribution in [0.3, 0.4) is 0 Å². The Labute approximate surface area is 167 Å². The average Bonchev–Trinajstić information content (AvgIpc) is 2.92. The molecule has 1 heterocycles. The van der Waals surface area contributed by atoms with Crippen LogP contribution in [0.15, 0.2) is 47.6 Å². The van der Waals surface area contributed by atoms with Crippen LogP contribution in [0.1, 0.15) is 16.8 Å². The van der Waals surface area contributed by atoms with Crippen LogP contribution in [0.25, 0.3) is 10.9 Å². The van der Waals surface area contributed by atoms with Crippen LogP contribution in [0.4, 0.5) is 0 Å². The maximum absolute atomic E-state index is 11.8. The van der Waals surface area contributed by atoms with E-state index < -0.39 is 0 Å². The highest BCUT2D eigenvalue weighted by molar-refractivity contribution is 6.35. The number of esters is 1. The Morgan fingerprint density at radius 1 is 1.19 bits per heavy atom. The number of para-hydroxylation sites is 1. The van der Waals surface area contributed by atoms with Gasteiger partial charge in [-0.3, -0.25) is 4.79 Å². The summed E-state index contributed by atoms with van der Waals surface area (Å²) in [6.45, 7) is 2.52. The number of fused-ring (bicyclic) bond motifs is 1. The van der Waals surface area contributed by atoms with Crippen molar-refractivity contribution in [1.29, 1.82) is 0 Å². The zero-order chi connectivity index (χ0) is 19.4. The van der Waals surface area contributed by atoms with E-state index in [2.05, 4.69) is 10.5 Å². The van der Waals surface area contributed by atoms with Crippen molar-refractivity contribution in [3.8, 4) is 0 Å². The molecule has 0 atom stereocenters. The van der Waals surface area contributed by atoms with Gasteiger partial charge in [-0.25, -0.2) is 0 Å². The molecule has 2 aromatic carbocycles. The predicted molar refractivity (Wildman–Crippen MR) is 110 cm³/mol. The molecule has 0 aliphatic heterocycles. The van der Waals surface area contributed by atoms with Gasteiger partial charge in [0.15, 0.2) is 0 Å². The lowest BCUT2D eigenvalue weighted by atomic mass is 10.1. The summed E-state index contributed by atoms with van der Waals surface area (Å²) in [5.74, 6) is -0.297.